The molecule has 0 saturated carbocycles. The smallest absolute Gasteiger partial charge is 0.122 e. The van der Waals surface area contributed by atoms with Crippen molar-refractivity contribution in [3.05, 3.63) is 29.3 Å². The van der Waals surface area contributed by atoms with E-state index in [1.165, 1.54) is 11.1 Å². The van der Waals surface area contributed by atoms with Gasteiger partial charge < -0.3 is 15.6 Å². The molecule has 0 bridgehead atoms. The van der Waals surface area contributed by atoms with Gasteiger partial charge in [-0.25, -0.2) is 0 Å². The van der Waals surface area contributed by atoms with Crippen LogP contribution in [-0.4, -0.2) is 25.4 Å². The predicted molar refractivity (Wildman–Crippen MR) is 74.9 cm³/mol. The molecule has 3 N–H and O–H groups in total. The van der Waals surface area contributed by atoms with Gasteiger partial charge in [-0.15, -0.1) is 0 Å². The topological polar surface area (TPSA) is 55.5 Å². The van der Waals surface area contributed by atoms with Gasteiger partial charge in [-0.2, -0.15) is 0 Å². The van der Waals surface area contributed by atoms with Gasteiger partial charge in [0.1, 0.15) is 5.75 Å². The molecule has 3 heteroatoms. The van der Waals surface area contributed by atoms with E-state index in [4.69, 9.17) is 10.5 Å². The zero-order valence-corrected chi connectivity index (χ0v) is 11.6. The Kier molecular flexibility index (Phi) is 6.16. The molecule has 102 valence electrons. The Bertz CT molecular complexity index is 362. The van der Waals surface area contributed by atoms with E-state index in [2.05, 4.69) is 26.0 Å². The number of aryl methyl sites for hydroxylation is 1. The van der Waals surface area contributed by atoms with Gasteiger partial charge in [0.2, 0.25) is 0 Å². The van der Waals surface area contributed by atoms with Crippen molar-refractivity contribution in [3.63, 3.8) is 0 Å². The maximum absolute atomic E-state index is 9.29. The van der Waals surface area contributed by atoms with Crippen LogP contribution in [0.25, 0.3) is 0 Å². The molecule has 0 spiro atoms. The Morgan fingerprint density at radius 2 is 2.11 bits per heavy atom. The summed E-state index contributed by atoms with van der Waals surface area (Å²) in [7, 11) is 1.70. The number of rotatable bonds is 7. The summed E-state index contributed by atoms with van der Waals surface area (Å²) < 4.78 is 5.40. The number of hydrogen-bond donors (Lipinski definition) is 2. The Balaban J connectivity index is 2.87. The molecule has 1 aromatic carbocycles. The third kappa shape index (κ3) is 3.72. The molecule has 0 aromatic heterocycles. The standard InChI is InChI=1S/C15H25NO2/c1-4-12-5-6-15(18-3)13(8-12)7-11(2)14(9-16)10-17/h5-6,8,11,14,17H,4,7,9-10,16H2,1-3H3. The molecule has 18 heavy (non-hydrogen) atoms. The monoisotopic (exact) mass is 251 g/mol. The van der Waals surface area contributed by atoms with Crippen LogP contribution in [0.4, 0.5) is 0 Å². The fourth-order valence-electron chi connectivity index (χ4n) is 2.21. The van der Waals surface area contributed by atoms with Gasteiger partial charge in [-0.05, 0) is 48.4 Å². The van der Waals surface area contributed by atoms with E-state index in [1.54, 1.807) is 7.11 Å². The minimum Gasteiger partial charge on any atom is -0.496 e. The van der Waals surface area contributed by atoms with Crippen molar-refractivity contribution < 1.29 is 9.84 Å². The van der Waals surface area contributed by atoms with E-state index in [0.29, 0.717) is 12.5 Å². The number of aliphatic hydroxyl groups excluding tert-OH is 1. The van der Waals surface area contributed by atoms with Crippen molar-refractivity contribution in [3.8, 4) is 5.75 Å². The number of hydrogen-bond acceptors (Lipinski definition) is 3. The minimum absolute atomic E-state index is 0.146. The molecule has 0 saturated heterocycles. The second kappa shape index (κ2) is 7.39. The highest BCUT2D eigenvalue weighted by Gasteiger charge is 2.17. The van der Waals surface area contributed by atoms with Crippen LogP contribution < -0.4 is 10.5 Å². The fraction of sp³-hybridized carbons (Fsp3) is 0.600. The van der Waals surface area contributed by atoms with Crippen LogP contribution >= 0.6 is 0 Å². The second-order valence-corrected chi connectivity index (χ2v) is 4.86. The highest BCUT2D eigenvalue weighted by molar-refractivity contribution is 5.37. The molecule has 1 rings (SSSR count). The number of nitrogens with two attached hydrogens (primary N) is 1. The molecule has 0 aliphatic heterocycles. The molecular formula is C15H25NO2. The number of aliphatic hydroxyl groups is 1. The van der Waals surface area contributed by atoms with E-state index in [9.17, 15) is 5.11 Å². The molecule has 0 heterocycles. The molecule has 0 aliphatic carbocycles. The van der Waals surface area contributed by atoms with Crippen molar-refractivity contribution in [2.45, 2.75) is 26.7 Å². The van der Waals surface area contributed by atoms with Crippen LogP contribution in [0.3, 0.4) is 0 Å². The summed E-state index contributed by atoms with van der Waals surface area (Å²) in [6, 6.07) is 6.32. The average molecular weight is 251 g/mol. The van der Waals surface area contributed by atoms with Gasteiger partial charge in [-0.3, -0.25) is 0 Å². The lowest BCUT2D eigenvalue weighted by Crippen LogP contribution is -2.26. The number of methoxy groups -OCH3 is 1. The molecule has 0 radical (unpaired) electrons. The quantitative estimate of drug-likeness (QED) is 0.779. The molecule has 1 aromatic rings. The lowest BCUT2D eigenvalue weighted by atomic mass is 9.88. The van der Waals surface area contributed by atoms with Gasteiger partial charge in [0.25, 0.3) is 0 Å². The van der Waals surface area contributed by atoms with Crippen molar-refractivity contribution in [1.82, 2.24) is 0 Å². The van der Waals surface area contributed by atoms with Crippen LogP contribution in [0.15, 0.2) is 18.2 Å². The van der Waals surface area contributed by atoms with Crippen LogP contribution in [-0.2, 0) is 12.8 Å². The maximum atomic E-state index is 9.29. The van der Waals surface area contributed by atoms with Crippen molar-refractivity contribution >= 4 is 0 Å². The van der Waals surface area contributed by atoms with Gasteiger partial charge in [0.15, 0.2) is 0 Å². The first-order valence-electron chi connectivity index (χ1n) is 6.62. The average Bonchev–Trinajstić information content (AvgIpc) is 2.40. The summed E-state index contributed by atoms with van der Waals surface area (Å²) in [6.45, 7) is 4.94. The second-order valence-electron chi connectivity index (χ2n) is 4.86. The molecule has 2 unspecified atom stereocenters. The first kappa shape index (κ1) is 15.0. The third-order valence-corrected chi connectivity index (χ3v) is 3.64. The first-order valence-corrected chi connectivity index (χ1v) is 6.62. The van der Waals surface area contributed by atoms with Crippen LogP contribution in [0.2, 0.25) is 0 Å². The van der Waals surface area contributed by atoms with Gasteiger partial charge in [0.05, 0.1) is 7.11 Å². The summed E-state index contributed by atoms with van der Waals surface area (Å²) in [5.74, 6) is 1.42. The van der Waals surface area contributed by atoms with Crippen molar-refractivity contribution in [2.24, 2.45) is 17.6 Å². The molecule has 2 atom stereocenters. The molecule has 0 amide bonds. The summed E-state index contributed by atoms with van der Waals surface area (Å²) in [6.07, 6.45) is 1.91. The lowest BCUT2D eigenvalue weighted by molar-refractivity contribution is 0.186. The Labute approximate surface area is 110 Å². The van der Waals surface area contributed by atoms with Gasteiger partial charge >= 0.3 is 0 Å². The maximum Gasteiger partial charge on any atom is 0.122 e. The SMILES string of the molecule is CCc1ccc(OC)c(CC(C)C(CN)CO)c1. The number of ether oxygens (including phenoxy) is 1. The molecule has 0 aliphatic rings. The summed E-state index contributed by atoms with van der Waals surface area (Å²) in [4.78, 5) is 0. The lowest BCUT2D eigenvalue weighted by Gasteiger charge is -2.21. The van der Waals surface area contributed by atoms with Crippen molar-refractivity contribution in [1.29, 1.82) is 0 Å². The number of benzene rings is 1. The predicted octanol–water partition coefficient (Wildman–Crippen LogP) is 2.00. The van der Waals surface area contributed by atoms with Crippen LogP contribution in [0.1, 0.15) is 25.0 Å². The normalized spacial score (nSPS) is 14.3. The molecule has 0 fully saturated rings. The first-order chi connectivity index (χ1) is 8.65. The summed E-state index contributed by atoms with van der Waals surface area (Å²) >= 11 is 0. The Morgan fingerprint density at radius 3 is 2.61 bits per heavy atom. The van der Waals surface area contributed by atoms with E-state index in [-0.39, 0.29) is 12.5 Å². The zero-order valence-electron chi connectivity index (χ0n) is 11.6. The highest BCUT2D eigenvalue weighted by Crippen LogP contribution is 2.25. The van der Waals surface area contributed by atoms with Crippen LogP contribution in [0, 0.1) is 11.8 Å². The zero-order chi connectivity index (χ0) is 13.5. The Morgan fingerprint density at radius 1 is 1.39 bits per heavy atom. The largest absolute Gasteiger partial charge is 0.496 e. The van der Waals surface area contributed by atoms with E-state index in [0.717, 1.165) is 18.6 Å². The van der Waals surface area contributed by atoms with E-state index >= 15 is 0 Å². The third-order valence-electron chi connectivity index (χ3n) is 3.64. The van der Waals surface area contributed by atoms with Gasteiger partial charge in [0, 0.05) is 6.61 Å². The van der Waals surface area contributed by atoms with Crippen molar-refractivity contribution in [2.75, 3.05) is 20.3 Å². The van der Waals surface area contributed by atoms with Crippen LogP contribution in [0.5, 0.6) is 5.75 Å². The fourth-order valence-corrected chi connectivity index (χ4v) is 2.21. The Hall–Kier alpha value is -1.06. The van der Waals surface area contributed by atoms with E-state index in [1.807, 2.05) is 6.07 Å². The summed E-state index contributed by atoms with van der Waals surface area (Å²) in [5.41, 5.74) is 8.19. The minimum atomic E-state index is 0.146. The highest BCUT2D eigenvalue weighted by atomic mass is 16.5. The summed E-state index contributed by atoms with van der Waals surface area (Å²) in [5, 5.41) is 9.29. The van der Waals surface area contributed by atoms with E-state index < -0.39 is 0 Å². The molecular weight excluding hydrogens is 226 g/mol. The molecule has 3 nitrogen and oxygen atoms in total. The van der Waals surface area contributed by atoms with Gasteiger partial charge in [-0.1, -0.05) is 26.0 Å².